The molecule has 2 aromatic heterocycles. The van der Waals surface area contributed by atoms with E-state index in [0.717, 1.165) is 49.4 Å². The maximum atomic E-state index is 12.6. The van der Waals surface area contributed by atoms with Gasteiger partial charge in [0.05, 0.1) is 5.69 Å². The predicted molar refractivity (Wildman–Crippen MR) is 106 cm³/mol. The molecule has 0 saturated carbocycles. The first-order valence-electron chi connectivity index (χ1n) is 8.91. The number of hydrogen-bond donors (Lipinski definition) is 1. The summed E-state index contributed by atoms with van der Waals surface area (Å²) in [6.07, 6.45) is 0.383. The summed E-state index contributed by atoms with van der Waals surface area (Å²) in [5.41, 5.74) is 5.57. The Morgan fingerprint density at radius 3 is 2.33 bits per heavy atom. The number of aromatic nitrogens is 2. The Morgan fingerprint density at radius 1 is 1.07 bits per heavy atom. The molecule has 1 aliphatic carbocycles. The monoisotopic (exact) mass is 457 g/mol. The molecule has 0 unspecified atom stereocenters. The number of rotatable bonds is 2. The summed E-state index contributed by atoms with van der Waals surface area (Å²) in [7, 11) is 0. The van der Waals surface area contributed by atoms with Crippen molar-refractivity contribution in [2.45, 2.75) is 31.9 Å². The Morgan fingerprint density at radius 2 is 1.73 bits per heavy atom. The highest BCUT2D eigenvalue weighted by molar-refractivity contribution is 6.35. The number of aryl methyl sites for hydroxylation is 2. The van der Waals surface area contributed by atoms with E-state index in [2.05, 4.69) is 9.97 Å². The van der Waals surface area contributed by atoms with E-state index in [-0.39, 0.29) is 5.89 Å². The van der Waals surface area contributed by atoms with Crippen LogP contribution in [0, 0.1) is 0 Å². The molecule has 0 aliphatic heterocycles. The van der Waals surface area contributed by atoms with Gasteiger partial charge in [-0.3, -0.25) is 9.78 Å². The van der Waals surface area contributed by atoms with Crippen molar-refractivity contribution in [3.8, 4) is 11.5 Å². The van der Waals surface area contributed by atoms with E-state index in [1.807, 2.05) is 0 Å². The molecule has 1 aromatic carbocycles. The fourth-order valence-corrected chi connectivity index (χ4v) is 3.42. The maximum absolute atomic E-state index is 12.6. The van der Waals surface area contributed by atoms with Crippen molar-refractivity contribution < 1.29 is 22.4 Å². The van der Waals surface area contributed by atoms with Crippen LogP contribution in [0.4, 0.5) is 13.2 Å². The normalized spacial score (nSPS) is 13.2. The fraction of sp³-hybridized carbons (Fsp3) is 0.250. The zero-order valence-electron chi connectivity index (χ0n) is 15.5. The van der Waals surface area contributed by atoms with Gasteiger partial charge in [0.1, 0.15) is 11.5 Å². The smallest absolute Gasteiger partial charge is 0.433 e. The van der Waals surface area contributed by atoms with E-state index in [0.29, 0.717) is 21.2 Å². The third-order valence-corrected chi connectivity index (χ3v) is 4.73. The van der Waals surface area contributed by atoms with Gasteiger partial charge in [0.25, 0.3) is 0 Å². The van der Waals surface area contributed by atoms with Crippen molar-refractivity contribution in [3.63, 3.8) is 0 Å². The molecule has 0 fully saturated rings. The van der Waals surface area contributed by atoms with Crippen LogP contribution in [0.5, 0.6) is 0 Å². The fourth-order valence-electron chi connectivity index (χ4n) is 2.89. The van der Waals surface area contributed by atoms with E-state index < -0.39 is 17.8 Å². The van der Waals surface area contributed by atoms with Gasteiger partial charge in [-0.25, -0.2) is 4.98 Å². The highest BCUT2D eigenvalue weighted by Crippen LogP contribution is 2.32. The molecule has 0 radical (unpaired) electrons. The average Bonchev–Trinajstić information content (AvgIpc) is 3.11. The number of oxazole rings is 1. The maximum Gasteiger partial charge on any atom is 0.433 e. The Kier molecular flexibility index (Phi) is 6.67. The second-order valence-electron chi connectivity index (χ2n) is 6.55. The molecule has 30 heavy (non-hydrogen) atoms. The zero-order chi connectivity index (χ0) is 21.9. The number of carbonyl (C=O) groups is 1. The standard InChI is InChI=1S/C13H11F3N2O.C7H5Cl2NO/c14-13(15,16)11-7-8(5-6-17-11)12-18-9-3-1-2-4-10(9)19-12;8-5-1-4(7(10)11)2-6(9)3-5/h5-7H,1-4H2;1-3H,(H2,10,11). The number of pyridine rings is 1. The number of benzene rings is 1. The predicted octanol–water partition coefficient (Wildman–Crippen LogP) is 5.73. The number of nitrogens with two attached hydrogens (primary N) is 1. The van der Waals surface area contributed by atoms with Crippen molar-refractivity contribution in [2.75, 3.05) is 0 Å². The van der Waals surface area contributed by atoms with Crippen LogP contribution in [0.25, 0.3) is 11.5 Å². The number of amides is 1. The van der Waals surface area contributed by atoms with Gasteiger partial charge >= 0.3 is 6.18 Å². The van der Waals surface area contributed by atoms with Gasteiger partial charge in [-0.2, -0.15) is 13.2 Å². The summed E-state index contributed by atoms with van der Waals surface area (Å²) in [6.45, 7) is 0. The molecule has 0 atom stereocenters. The highest BCUT2D eigenvalue weighted by atomic mass is 35.5. The number of nitrogens with zero attached hydrogens (tertiary/aromatic N) is 2. The Hall–Kier alpha value is -2.58. The summed E-state index contributed by atoms with van der Waals surface area (Å²) in [4.78, 5) is 18.2. The lowest BCUT2D eigenvalue weighted by Crippen LogP contribution is -2.10. The number of primary amides is 1. The summed E-state index contributed by atoms with van der Waals surface area (Å²) >= 11 is 11.2. The quantitative estimate of drug-likeness (QED) is 0.532. The molecule has 1 aliphatic rings. The second kappa shape index (κ2) is 9.06. The van der Waals surface area contributed by atoms with E-state index >= 15 is 0 Å². The van der Waals surface area contributed by atoms with Crippen molar-refractivity contribution in [3.05, 3.63) is 69.3 Å². The van der Waals surface area contributed by atoms with Gasteiger partial charge in [-0.1, -0.05) is 23.2 Å². The van der Waals surface area contributed by atoms with Crippen LogP contribution in [0.1, 0.15) is 40.3 Å². The molecule has 5 nitrogen and oxygen atoms in total. The van der Waals surface area contributed by atoms with Crippen LogP contribution >= 0.6 is 23.2 Å². The number of halogens is 5. The molecule has 2 heterocycles. The first-order chi connectivity index (χ1) is 14.1. The van der Waals surface area contributed by atoms with Gasteiger partial charge < -0.3 is 10.2 Å². The molecule has 0 spiro atoms. The summed E-state index contributed by atoms with van der Waals surface area (Å²) in [5.74, 6) is 0.515. The van der Waals surface area contributed by atoms with Crippen molar-refractivity contribution >= 4 is 29.1 Å². The number of carbonyl (C=O) groups excluding carboxylic acids is 1. The average molecular weight is 458 g/mol. The molecule has 3 aromatic rings. The van der Waals surface area contributed by atoms with Crippen LogP contribution in [0.3, 0.4) is 0 Å². The van der Waals surface area contributed by atoms with Crippen LogP contribution in [0.2, 0.25) is 10.0 Å². The highest BCUT2D eigenvalue weighted by Gasteiger charge is 2.33. The van der Waals surface area contributed by atoms with Gasteiger partial charge in [-0.15, -0.1) is 0 Å². The van der Waals surface area contributed by atoms with Crippen molar-refractivity contribution in [1.82, 2.24) is 9.97 Å². The summed E-state index contributed by atoms with van der Waals surface area (Å²) < 4.78 is 43.3. The Bertz CT molecular complexity index is 1020. The number of hydrogen-bond acceptors (Lipinski definition) is 4. The first kappa shape index (κ1) is 22.1. The lowest BCUT2D eigenvalue weighted by molar-refractivity contribution is -0.141. The SMILES string of the molecule is FC(F)(F)c1cc(-c2nc3c(o2)CCCC3)ccn1.NC(=O)c1cc(Cl)cc(Cl)c1. The zero-order valence-corrected chi connectivity index (χ0v) is 17.0. The van der Waals surface area contributed by atoms with Crippen LogP contribution in [0.15, 0.2) is 40.9 Å². The van der Waals surface area contributed by atoms with Crippen LogP contribution in [-0.2, 0) is 19.0 Å². The lowest BCUT2D eigenvalue weighted by atomic mass is 10.0. The topological polar surface area (TPSA) is 82.0 Å². The molecular formula is C20H16Cl2F3N3O2. The van der Waals surface area contributed by atoms with Gasteiger partial charge in [0, 0.05) is 33.8 Å². The minimum Gasteiger partial charge on any atom is -0.441 e. The molecule has 158 valence electrons. The third kappa shape index (κ3) is 5.52. The second-order valence-corrected chi connectivity index (χ2v) is 7.42. The van der Waals surface area contributed by atoms with Gasteiger partial charge in [0.15, 0.2) is 0 Å². The van der Waals surface area contributed by atoms with Crippen molar-refractivity contribution in [1.29, 1.82) is 0 Å². The molecule has 1 amide bonds. The summed E-state index contributed by atoms with van der Waals surface area (Å²) in [5, 5.41) is 0.817. The Labute approximate surface area is 180 Å². The number of alkyl halides is 3. The van der Waals surface area contributed by atoms with E-state index in [1.54, 1.807) is 0 Å². The van der Waals surface area contributed by atoms with Crippen LogP contribution in [-0.4, -0.2) is 15.9 Å². The molecule has 0 saturated heterocycles. The van der Waals surface area contributed by atoms with Gasteiger partial charge in [0.2, 0.25) is 11.8 Å². The molecular weight excluding hydrogens is 442 g/mol. The van der Waals surface area contributed by atoms with Gasteiger partial charge in [-0.05, 0) is 49.6 Å². The van der Waals surface area contributed by atoms with Crippen LogP contribution < -0.4 is 5.73 Å². The summed E-state index contributed by atoms with van der Waals surface area (Å²) in [6, 6.07) is 6.92. The minimum absolute atomic E-state index is 0.250. The minimum atomic E-state index is -4.46. The molecule has 10 heteroatoms. The van der Waals surface area contributed by atoms with E-state index in [4.69, 9.17) is 33.4 Å². The molecule has 0 bridgehead atoms. The third-order valence-electron chi connectivity index (χ3n) is 4.29. The largest absolute Gasteiger partial charge is 0.441 e. The molecule has 2 N–H and O–H groups in total. The Balaban J connectivity index is 0.000000199. The van der Waals surface area contributed by atoms with E-state index in [9.17, 15) is 18.0 Å². The number of fused-ring (bicyclic) bond motifs is 1. The van der Waals surface area contributed by atoms with Crippen molar-refractivity contribution in [2.24, 2.45) is 5.73 Å². The van der Waals surface area contributed by atoms with E-state index in [1.165, 1.54) is 24.3 Å². The lowest BCUT2D eigenvalue weighted by Gasteiger charge is -2.05. The first-order valence-corrected chi connectivity index (χ1v) is 9.67. The molecule has 4 rings (SSSR count).